The number of anilines is 2. The van der Waals surface area contributed by atoms with Gasteiger partial charge in [0, 0.05) is 13.1 Å². The fourth-order valence-electron chi connectivity index (χ4n) is 1.54. The van der Waals surface area contributed by atoms with Crippen molar-refractivity contribution in [3.63, 3.8) is 0 Å². The number of nitrogens with two attached hydrogens (primary N) is 1. The number of amides is 1. The highest BCUT2D eigenvalue weighted by molar-refractivity contribution is 7.19. The summed E-state index contributed by atoms with van der Waals surface area (Å²) >= 11 is 1.30. The minimum absolute atomic E-state index is 0.0145. The lowest BCUT2D eigenvalue weighted by Gasteiger charge is -2.12. The zero-order valence-corrected chi connectivity index (χ0v) is 13.3. The molecule has 0 fully saturated rings. The smallest absolute Gasteiger partial charge is 0.263 e. The standard InChI is InChI=1S/C14H23N3O2S/c1-6-16-13(18)12-10(15)11(19-9(4)5)14(20-12)17-7-8(2)3/h9,17H,2,6-7,15H2,1,3-5H3,(H,16,18). The molecule has 1 heterocycles. The number of nitrogens with one attached hydrogen (secondary N) is 2. The van der Waals surface area contributed by atoms with Crippen molar-refractivity contribution in [2.45, 2.75) is 33.8 Å². The maximum absolute atomic E-state index is 12.0. The third kappa shape index (κ3) is 4.16. The van der Waals surface area contributed by atoms with Gasteiger partial charge in [0.2, 0.25) is 0 Å². The molecule has 0 saturated heterocycles. The van der Waals surface area contributed by atoms with Crippen LogP contribution in [-0.4, -0.2) is 25.1 Å². The van der Waals surface area contributed by atoms with E-state index in [-0.39, 0.29) is 12.0 Å². The first-order valence-corrected chi connectivity index (χ1v) is 7.43. The van der Waals surface area contributed by atoms with E-state index in [0.717, 1.165) is 10.6 Å². The predicted molar refractivity (Wildman–Crippen MR) is 85.8 cm³/mol. The summed E-state index contributed by atoms with van der Waals surface area (Å²) in [4.78, 5) is 12.5. The van der Waals surface area contributed by atoms with Gasteiger partial charge in [0.05, 0.1) is 6.10 Å². The Morgan fingerprint density at radius 1 is 1.50 bits per heavy atom. The highest BCUT2D eigenvalue weighted by Crippen LogP contribution is 2.43. The van der Waals surface area contributed by atoms with Crippen LogP contribution in [0.4, 0.5) is 10.7 Å². The van der Waals surface area contributed by atoms with E-state index in [4.69, 9.17) is 10.5 Å². The van der Waals surface area contributed by atoms with E-state index in [0.29, 0.717) is 29.4 Å². The number of carbonyl (C=O) groups excluding carboxylic acids is 1. The molecule has 0 radical (unpaired) electrons. The Morgan fingerprint density at radius 3 is 2.65 bits per heavy atom. The Hall–Kier alpha value is -1.69. The van der Waals surface area contributed by atoms with Crippen LogP contribution in [0.25, 0.3) is 0 Å². The van der Waals surface area contributed by atoms with Crippen LogP contribution < -0.4 is 21.1 Å². The molecule has 0 atom stereocenters. The molecule has 0 aliphatic rings. The van der Waals surface area contributed by atoms with E-state index in [2.05, 4.69) is 17.2 Å². The summed E-state index contributed by atoms with van der Waals surface area (Å²) in [5, 5.41) is 6.73. The molecule has 1 amide bonds. The summed E-state index contributed by atoms with van der Waals surface area (Å²) in [5.41, 5.74) is 7.43. The minimum Gasteiger partial charge on any atom is -0.486 e. The summed E-state index contributed by atoms with van der Waals surface area (Å²) in [6.45, 7) is 12.7. The number of hydrogen-bond acceptors (Lipinski definition) is 5. The first-order chi connectivity index (χ1) is 9.36. The second-order valence-corrected chi connectivity index (χ2v) is 5.86. The summed E-state index contributed by atoms with van der Waals surface area (Å²) in [6, 6.07) is 0. The van der Waals surface area contributed by atoms with Crippen molar-refractivity contribution in [1.29, 1.82) is 0 Å². The summed E-state index contributed by atoms with van der Waals surface area (Å²) < 4.78 is 5.73. The maximum Gasteiger partial charge on any atom is 0.263 e. The predicted octanol–water partition coefficient (Wildman–Crippen LogP) is 2.86. The van der Waals surface area contributed by atoms with Crippen LogP contribution in [0.2, 0.25) is 0 Å². The van der Waals surface area contributed by atoms with Crippen LogP contribution in [0.1, 0.15) is 37.4 Å². The zero-order chi connectivity index (χ0) is 15.3. The van der Waals surface area contributed by atoms with Crippen molar-refractivity contribution in [2.75, 3.05) is 24.1 Å². The normalized spacial score (nSPS) is 10.4. The topological polar surface area (TPSA) is 76.4 Å². The SMILES string of the molecule is C=C(C)CNc1sc(C(=O)NCC)c(N)c1OC(C)C. The second-order valence-electron chi connectivity index (χ2n) is 4.84. The van der Waals surface area contributed by atoms with Crippen molar-refractivity contribution in [1.82, 2.24) is 5.32 Å². The van der Waals surface area contributed by atoms with E-state index < -0.39 is 0 Å². The minimum atomic E-state index is -0.174. The molecular weight excluding hydrogens is 274 g/mol. The van der Waals surface area contributed by atoms with Gasteiger partial charge in [0.25, 0.3) is 5.91 Å². The number of ether oxygens (including phenoxy) is 1. The van der Waals surface area contributed by atoms with Gasteiger partial charge in [-0.1, -0.05) is 12.2 Å². The molecule has 4 N–H and O–H groups in total. The van der Waals surface area contributed by atoms with E-state index in [1.807, 2.05) is 27.7 Å². The van der Waals surface area contributed by atoms with Gasteiger partial charge in [-0.2, -0.15) is 0 Å². The van der Waals surface area contributed by atoms with Crippen molar-refractivity contribution in [3.05, 3.63) is 17.0 Å². The summed E-state index contributed by atoms with van der Waals surface area (Å²) in [7, 11) is 0. The molecule has 1 aromatic rings. The molecule has 1 aromatic heterocycles. The van der Waals surface area contributed by atoms with Crippen molar-refractivity contribution in [2.24, 2.45) is 0 Å². The van der Waals surface area contributed by atoms with Crippen LogP contribution in [0, 0.1) is 0 Å². The molecule has 0 unspecified atom stereocenters. The van der Waals surface area contributed by atoms with Gasteiger partial charge in [0.15, 0.2) is 5.75 Å². The average molecular weight is 297 g/mol. The van der Waals surface area contributed by atoms with Gasteiger partial charge in [-0.3, -0.25) is 4.79 Å². The largest absolute Gasteiger partial charge is 0.486 e. The number of rotatable bonds is 7. The highest BCUT2D eigenvalue weighted by Gasteiger charge is 2.22. The number of thiophene rings is 1. The fourth-order valence-corrected chi connectivity index (χ4v) is 2.51. The maximum atomic E-state index is 12.0. The molecule has 0 spiro atoms. The van der Waals surface area contributed by atoms with Crippen LogP contribution >= 0.6 is 11.3 Å². The van der Waals surface area contributed by atoms with Crippen molar-refractivity contribution < 1.29 is 9.53 Å². The van der Waals surface area contributed by atoms with Gasteiger partial charge < -0.3 is 21.1 Å². The Morgan fingerprint density at radius 2 is 2.15 bits per heavy atom. The Bertz CT molecular complexity index is 495. The zero-order valence-electron chi connectivity index (χ0n) is 12.5. The van der Waals surface area contributed by atoms with Gasteiger partial charge in [-0.05, 0) is 27.7 Å². The monoisotopic (exact) mass is 297 g/mol. The van der Waals surface area contributed by atoms with E-state index in [1.54, 1.807) is 0 Å². The van der Waals surface area contributed by atoms with Gasteiger partial charge >= 0.3 is 0 Å². The summed E-state index contributed by atoms with van der Waals surface area (Å²) in [5.74, 6) is 0.375. The van der Waals surface area contributed by atoms with Crippen LogP contribution in [0.3, 0.4) is 0 Å². The first kappa shape index (κ1) is 16.4. The molecule has 0 aliphatic heterocycles. The van der Waals surface area contributed by atoms with E-state index >= 15 is 0 Å². The van der Waals surface area contributed by atoms with Gasteiger partial charge in [-0.15, -0.1) is 11.3 Å². The molecule has 112 valence electrons. The van der Waals surface area contributed by atoms with Crippen LogP contribution in [-0.2, 0) is 0 Å². The molecule has 1 rings (SSSR count). The van der Waals surface area contributed by atoms with Gasteiger partial charge in [-0.25, -0.2) is 0 Å². The Balaban J connectivity index is 3.09. The highest BCUT2D eigenvalue weighted by atomic mass is 32.1. The lowest BCUT2D eigenvalue weighted by atomic mass is 10.3. The number of nitrogen functional groups attached to an aromatic ring is 1. The van der Waals surface area contributed by atoms with Crippen molar-refractivity contribution >= 4 is 27.9 Å². The lowest BCUT2D eigenvalue weighted by Crippen LogP contribution is -2.22. The number of hydrogen-bond donors (Lipinski definition) is 3. The summed E-state index contributed by atoms with van der Waals surface area (Å²) in [6.07, 6.45) is -0.0145. The van der Waals surface area contributed by atoms with E-state index in [9.17, 15) is 4.79 Å². The average Bonchev–Trinajstić information content (AvgIpc) is 2.64. The molecule has 6 heteroatoms. The Labute approximate surface area is 124 Å². The molecule has 0 aromatic carbocycles. The molecule has 0 bridgehead atoms. The molecular formula is C14H23N3O2S. The first-order valence-electron chi connectivity index (χ1n) is 6.62. The molecule has 5 nitrogen and oxygen atoms in total. The quantitative estimate of drug-likeness (QED) is 0.676. The van der Waals surface area contributed by atoms with Crippen LogP contribution in [0.15, 0.2) is 12.2 Å². The fraction of sp³-hybridized carbons (Fsp3) is 0.500. The van der Waals surface area contributed by atoms with Crippen LogP contribution in [0.5, 0.6) is 5.75 Å². The molecule has 0 aliphatic carbocycles. The van der Waals surface area contributed by atoms with Gasteiger partial charge in [0.1, 0.15) is 15.6 Å². The second kappa shape index (κ2) is 7.19. The Kier molecular flexibility index (Phi) is 5.88. The number of carbonyl (C=O) groups is 1. The lowest BCUT2D eigenvalue weighted by molar-refractivity contribution is 0.0960. The third-order valence-corrected chi connectivity index (χ3v) is 3.49. The van der Waals surface area contributed by atoms with E-state index in [1.165, 1.54) is 11.3 Å². The third-order valence-electron chi connectivity index (χ3n) is 2.35. The molecule has 0 saturated carbocycles. The molecule has 20 heavy (non-hydrogen) atoms. The van der Waals surface area contributed by atoms with Crippen molar-refractivity contribution in [3.8, 4) is 5.75 Å².